The molecule has 0 bridgehead atoms. The minimum absolute atomic E-state index is 0. The van der Waals surface area contributed by atoms with E-state index in [1.807, 2.05) is 11.3 Å². The Morgan fingerprint density at radius 2 is 1.58 bits per heavy atom. The van der Waals surface area contributed by atoms with Gasteiger partial charge in [0.25, 0.3) is 5.82 Å². The first-order valence-electron chi connectivity index (χ1n) is 7.67. The van der Waals surface area contributed by atoms with Gasteiger partial charge >= 0.3 is 0 Å². The van der Waals surface area contributed by atoms with Crippen molar-refractivity contribution in [2.45, 2.75) is 76.3 Å². The summed E-state index contributed by atoms with van der Waals surface area (Å²) < 4.78 is 2.53. The molecular formula is C15H25ClN2S. The first-order valence-corrected chi connectivity index (χ1v) is 8.61. The van der Waals surface area contributed by atoms with Crippen LogP contribution >= 0.6 is 11.3 Å². The van der Waals surface area contributed by atoms with Crippen molar-refractivity contribution in [3.8, 4) is 0 Å². The molecule has 2 saturated carbocycles. The lowest BCUT2D eigenvalue weighted by Crippen LogP contribution is -3.00. The summed E-state index contributed by atoms with van der Waals surface area (Å²) in [7, 11) is 0. The van der Waals surface area contributed by atoms with Gasteiger partial charge in [-0.05, 0) is 51.4 Å². The zero-order valence-electron chi connectivity index (χ0n) is 11.6. The second-order valence-corrected chi connectivity index (χ2v) is 6.64. The number of aromatic nitrogens is 1. The van der Waals surface area contributed by atoms with Crippen LogP contribution in [-0.2, 0) is 0 Å². The Labute approximate surface area is 127 Å². The smallest absolute Gasteiger partial charge is 0.285 e. The molecule has 2 nitrogen and oxygen atoms in total. The summed E-state index contributed by atoms with van der Waals surface area (Å²) in [6.45, 7) is 0. The van der Waals surface area contributed by atoms with Crippen molar-refractivity contribution < 1.29 is 17.0 Å². The largest absolute Gasteiger partial charge is 1.00 e. The molecule has 0 amide bonds. The van der Waals surface area contributed by atoms with Gasteiger partial charge in [-0.25, -0.2) is 4.57 Å². The topological polar surface area (TPSA) is 15.9 Å². The van der Waals surface area contributed by atoms with Crippen LogP contribution in [0.2, 0.25) is 0 Å². The average Bonchev–Trinajstić information content (AvgIpc) is 2.89. The van der Waals surface area contributed by atoms with Crippen molar-refractivity contribution in [1.82, 2.24) is 0 Å². The predicted molar refractivity (Wildman–Crippen MR) is 77.1 cm³/mol. The van der Waals surface area contributed by atoms with Gasteiger partial charge in [0.1, 0.15) is 11.6 Å². The van der Waals surface area contributed by atoms with E-state index in [4.69, 9.17) is 0 Å². The van der Waals surface area contributed by atoms with Gasteiger partial charge in [0, 0.05) is 0 Å². The number of anilines is 1. The number of hydrogen-bond donors (Lipinski definition) is 1. The van der Waals surface area contributed by atoms with Crippen LogP contribution in [0.15, 0.2) is 10.9 Å². The third-order valence-electron chi connectivity index (χ3n) is 4.56. The second-order valence-electron chi connectivity index (χ2n) is 5.92. The van der Waals surface area contributed by atoms with Crippen molar-refractivity contribution in [1.29, 1.82) is 0 Å². The van der Waals surface area contributed by atoms with Crippen molar-refractivity contribution >= 4 is 17.2 Å². The molecule has 3 rings (SSSR count). The summed E-state index contributed by atoms with van der Waals surface area (Å²) in [6.07, 6.45) is 14.0. The van der Waals surface area contributed by atoms with E-state index in [-0.39, 0.29) is 12.4 Å². The fraction of sp³-hybridized carbons (Fsp3) is 0.800. The molecule has 0 aliphatic heterocycles. The number of rotatable bonds is 3. The van der Waals surface area contributed by atoms with Gasteiger partial charge in [-0.2, -0.15) is 0 Å². The number of hydrogen-bond acceptors (Lipinski definition) is 2. The molecule has 1 aromatic rings. The lowest BCUT2D eigenvalue weighted by Gasteiger charge is -2.22. The van der Waals surface area contributed by atoms with Gasteiger partial charge in [0.2, 0.25) is 0 Å². The van der Waals surface area contributed by atoms with Crippen molar-refractivity contribution in [3.63, 3.8) is 0 Å². The van der Waals surface area contributed by atoms with E-state index in [0.717, 1.165) is 12.1 Å². The Kier molecular flexibility index (Phi) is 5.96. The first-order chi connectivity index (χ1) is 8.93. The molecule has 0 unspecified atom stereocenters. The second kappa shape index (κ2) is 7.49. The van der Waals surface area contributed by atoms with Crippen molar-refractivity contribution in [2.24, 2.45) is 0 Å². The Bertz CT molecular complexity index is 368. The minimum Gasteiger partial charge on any atom is -1.00 e. The monoisotopic (exact) mass is 300 g/mol. The quantitative estimate of drug-likeness (QED) is 0.832. The molecule has 0 saturated heterocycles. The summed E-state index contributed by atoms with van der Waals surface area (Å²) in [5.74, 6) is 1.39. The summed E-state index contributed by atoms with van der Waals surface area (Å²) in [4.78, 5) is 0. The number of thiazole rings is 1. The van der Waals surface area contributed by atoms with Crippen LogP contribution in [0.1, 0.15) is 70.3 Å². The van der Waals surface area contributed by atoms with Crippen LogP contribution in [0, 0.1) is 0 Å². The molecule has 1 heterocycles. The zero-order valence-corrected chi connectivity index (χ0v) is 13.2. The van der Waals surface area contributed by atoms with Crippen molar-refractivity contribution in [3.05, 3.63) is 10.9 Å². The number of halogens is 1. The molecule has 4 heteroatoms. The summed E-state index contributed by atoms with van der Waals surface area (Å²) in [5.41, 5.74) is 2.32. The molecule has 108 valence electrons. The number of nitrogens with one attached hydrogen (secondary N) is 1. The van der Waals surface area contributed by atoms with Gasteiger partial charge < -0.3 is 12.4 Å². The van der Waals surface area contributed by atoms with E-state index in [0.29, 0.717) is 0 Å². The van der Waals surface area contributed by atoms with Crippen molar-refractivity contribution in [2.75, 3.05) is 5.32 Å². The fourth-order valence-electron chi connectivity index (χ4n) is 3.48. The molecule has 1 aromatic heterocycles. The highest BCUT2D eigenvalue weighted by atomic mass is 35.5. The summed E-state index contributed by atoms with van der Waals surface area (Å²) >= 11 is 1.85. The average molecular weight is 301 g/mol. The van der Waals surface area contributed by atoms with Gasteiger partial charge in [-0.3, -0.25) is 5.32 Å². The molecule has 1 N–H and O–H groups in total. The highest BCUT2D eigenvalue weighted by Crippen LogP contribution is 2.27. The maximum Gasteiger partial charge on any atom is 0.285 e. The Balaban J connectivity index is 0.00000133. The lowest BCUT2D eigenvalue weighted by molar-refractivity contribution is -0.708. The molecule has 0 radical (unpaired) electrons. The maximum atomic E-state index is 3.80. The van der Waals surface area contributed by atoms with Gasteiger partial charge in [0.15, 0.2) is 0 Å². The normalized spacial score (nSPS) is 21.9. The number of nitrogens with zero attached hydrogens (tertiary/aromatic N) is 1. The van der Waals surface area contributed by atoms with E-state index < -0.39 is 0 Å². The molecule has 2 fully saturated rings. The van der Waals surface area contributed by atoms with Crippen LogP contribution in [-0.4, -0.2) is 6.04 Å². The van der Waals surface area contributed by atoms with Gasteiger partial charge in [-0.15, -0.1) is 11.3 Å². The predicted octanol–water partition coefficient (Wildman–Crippen LogP) is 1.29. The third-order valence-corrected chi connectivity index (χ3v) is 5.27. The molecule has 0 aromatic carbocycles. The van der Waals surface area contributed by atoms with Crippen LogP contribution in [0.5, 0.6) is 0 Å². The molecule has 2 aliphatic rings. The Morgan fingerprint density at radius 1 is 0.947 bits per heavy atom. The molecule has 0 atom stereocenters. The Hall–Kier alpha value is -0.280. The highest BCUT2D eigenvalue weighted by molar-refractivity contribution is 7.07. The van der Waals surface area contributed by atoms with E-state index in [1.165, 1.54) is 70.0 Å². The van der Waals surface area contributed by atoms with Gasteiger partial charge in [-0.1, -0.05) is 12.8 Å². The summed E-state index contributed by atoms with van der Waals surface area (Å²) in [5, 5.41) is 6.11. The van der Waals surface area contributed by atoms with E-state index in [2.05, 4.69) is 20.8 Å². The van der Waals surface area contributed by atoms with E-state index in [9.17, 15) is 0 Å². The van der Waals surface area contributed by atoms with Crippen LogP contribution in [0.4, 0.5) is 5.82 Å². The fourth-order valence-corrected chi connectivity index (χ4v) is 4.28. The molecular weight excluding hydrogens is 276 g/mol. The van der Waals surface area contributed by atoms with E-state index >= 15 is 0 Å². The first kappa shape index (κ1) is 15.1. The zero-order chi connectivity index (χ0) is 12.2. The van der Waals surface area contributed by atoms with Crippen LogP contribution < -0.4 is 22.3 Å². The summed E-state index contributed by atoms with van der Waals surface area (Å²) in [6, 6.07) is 1.49. The molecule has 19 heavy (non-hydrogen) atoms. The van der Waals surface area contributed by atoms with Crippen LogP contribution in [0.3, 0.4) is 0 Å². The molecule has 0 spiro atoms. The Morgan fingerprint density at radius 3 is 2.26 bits per heavy atom. The highest BCUT2D eigenvalue weighted by Gasteiger charge is 2.25. The third kappa shape index (κ3) is 3.85. The minimum atomic E-state index is 0. The lowest BCUT2D eigenvalue weighted by atomic mass is 9.95. The maximum absolute atomic E-state index is 3.80. The SMILES string of the molecule is [Cl-].c1sc[n+](C2CCCCC2)c1NC1CCCCC1. The standard InChI is InChI=1S/C15H25N2S.ClH/c1-3-7-13(8-4-1)16-15-11-18-12-17(15)14-9-5-2-6-10-14;/h11-14,16H,1-10H2;1H/q+1;/p-1. The van der Waals surface area contributed by atoms with E-state index in [1.54, 1.807) is 0 Å². The van der Waals surface area contributed by atoms with Gasteiger partial charge in [0.05, 0.1) is 11.4 Å². The molecule has 2 aliphatic carbocycles. The van der Waals surface area contributed by atoms with Crippen LogP contribution in [0.25, 0.3) is 0 Å².